The van der Waals surface area contributed by atoms with Crippen LogP contribution in [-0.2, 0) is 37.3 Å². The van der Waals surface area contributed by atoms with Crippen LogP contribution in [0.25, 0.3) is 0 Å². The summed E-state index contributed by atoms with van der Waals surface area (Å²) >= 11 is 4.86. The van der Waals surface area contributed by atoms with Crippen molar-refractivity contribution >= 4 is 25.5 Å². The summed E-state index contributed by atoms with van der Waals surface area (Å²) in [7, 11) is 0. The SMILES string of the molecule is C=C1C[C@H](C[C@@H]2CCO[C@H](c3coc(CO)n3)O2)O[C@@H](CCOB=[PH]=S)C1. The average Bonchev–Trinajstić information content (AvgIpc) is 3.14. The molecule has 0 spiro atoms. The Morgan fingerprint density at radius 2 is 2.19 bits per heavy atom. The maximum absolute atomic E-state index is 9.08. The molecule has 0 amide bonds. The van der Waals surface area contributed by atoms with Crippen LogP contribution in [0.3, 0.4) is 0 Å². The zero-order chi connectivity index (χ0) is 19.1. The second kappa shape index (κ2) is 10.8. The topological polar surface area (TPSA) is 83.2 Å². The Morgan fingerprint density at radius 3 is 2.96 bits per heavy atom. The first-order chi connectivity index (χ1) is 13.2. The number of oxazole rings is 1. The molecule has 2 saturated heterocycles. The van der Waals surface area contributed by atoms with Crippen LogP contribution >= 0.6 is 6.85 Å². The van der Waals surface area contributed by atoms with Gasteiger partial charge in [-0.05, 0) is 0 Å². The monoisotopic (exact) mass is 413 g/mol. The van der Waals surface area contributed by atoms with Crippen LogP contribution in [0.1, 0.15) is 50.0 Å². The van der Waals surface area contributed by atoms with Gasteiger partial charge in [0.05, 0.1) is 0 Å². The van der Waals surface area contributed by atoms with Crippen molar-refractivity contribution in [2.24, 2.45) is 0 Å². The first-order valence-corrected chi connectivity index (χ1v) is 11.3. The van der Waals surface area contributed by atoms with E-state index in [1.54, 1.807) is 6.82 Å². The van der Waals surface area contributed by atoms with Gasteiger partial charge in [0, 0.05) is 0 Å². The molecule has 0 saturated carbocycles. The van der Waals surface area contributed by atoms with Gasteiger partial charge in [-0.3, -0.25) is 0 Å². The van der Waals surface area contributed by atoms with Crippen LogP contribution in [0, 0.1) is 0 Å². The normalized spacial score (nSPS) is 29.0. The zero-order valence-corrected chi connectivity index (χ0v) is 17.0. The molecule has 1 N–H and O–H groups in total. The van der Waals surface area contributed by atoms with Crippen LogP contribution < -0.4 is 0 Å². The Kier molecular flexibility index (Phi) is 8.39. The van der Waals surface area contributed by atoms with Crippen LogP contribution in [0.5, 0.6) is 0 Å². The third-order valence-corrected chi connectivity index (χ3v) is 5.16. The summed E-state index contributed by atoms with van der Waals surface area (Å²) in [5, 5.41) is 9.08. The minimum atomic E-state index is -0.571. The van der Waals surface area contributed by atoms with Gasteiger partial charge in [-0.2, -0.15) is 0 Å². The van der Waals surface area contributed by atoms with E-state index in [0.717, 1.165) is 32.1 Å². The molecule has 5 atom stereocenters. The summed E-state index contributed by atoms with van der Waals surface area (Å²) < 4.78 is 28.5. The molecule has 2 aliphatic heterocycles. The van der Waals surface area contributed by atoms with Gasteiger partial charge < -0.3 is 9.52 Å². The van der Waals surface area contributed by atoms with Gasteiger partial charge in [-0.15, -0.1) is 0 Å². The molecule has 1 aromatic rings. The Morgan fingerprint density at radius 1 is 1.33 bits per heavy atom. The molecule has 3 rings (SSSR count). The predicted molar refractivity (Wildman–Crippen MR) is 104 cm³/mol. The van der Waals surface area contributed by atoms with Gasteiger partial charge in [-0.25, -0.2) is 0 Å². The van der Waals surface area contributed by atoms with E-state index in [2.05, 4.69) is 11.6 Å². The number of hydrogen-bond acceptors (Lipinski definition) is 8. The quantitative estimate of drug-likeness (QED) is 0.301. The minimum absolute atomic E-state index is 0.0144. The Hall–Kier alpha value is -0.665. The van der Waals surface area contributed by atoms with E-state index < -0.39 is 6.29 Å². The Labute approximate surface area is 165 Å². The van der Waals surface area contributed by atoms with Gasteiger partial charge in [-0.1, -0.05) is 0 Å². The fourth-order valence-electron chi connectivity index (χ4n) is 3.41. The van der Waals surface area contributed by atoms with Gasteiger partial charge in [0.25, 0.3) is 0 Å². The third kappa shape index (κ3) is 6.43. The van der Waals surface area contributed by atoms with E-state index in [4.69, 9.17) is 40.2 Å². The molecule has 10 heteroatoms. The second-order valence-corrected chi connectivity index (χ2v) is 7.92. The molecule has 148 valence electrons. The number of aliphatic hydroxyl groups is 1. The van der Waals surface area contributed by atoms with E-state index in [1.807, 2.05) is 0 Å². The van der Waals surface area contributed by atoms with Crippen molar-refractivity contribution in [1.82, 2.24) is 4.98 Å². The number of rotatable bonds is 8. The summed E-state index contributed by atoms with van der Waals surface area (Å²) in [4.78, 5) is 4.17. The van der Waals surface area contributed by atoms with Crippen molar-refractivity contribution in [2.75, 3.05) is 13.2 Å². The van der Waals surface area contributed by atoms with Crippen LogP contribution in [0.2, 0.25) is 0 Å². The van der Waals surface area contributed by atoms with Gasteiger partial charge in [0.1, 0.15) is 6.61 Å². The fourth-order valence-corrected chi connectivity index (χ4v) is 3.80. The van der Waals surface area contributed by atoms with E-state index in [1.165, 1.54) is 11.8 Å². The van der Waals surface area contributed by atoms with E-state index in [9.17, 15) is 0 Å². The Bertz CT molecular complexity index is 682. The molecule has 1 aromatic heterocycles. The number of aromatic nitrogens is 1. The molecule has 27 heavy (non-hydrogen) atoms. The Balaban J connectivity index is 1.50. The van der Waals surface area contributed by atoms with Crippen molar-refractivity contribution < 1.29 is 28.4 Å². The molecule has 0 bridgehead atoms. The molecule has 0 aromatic carbocycles. The molecule has 7 nitrogen and oxygen atoms in total. The summed E-state index contributed by atoms with van der Waals surface area (Å²) in [5.74, 6) is 0.255. The van der Waals surface area contributed by atoms with Crippen molar-refractivity contribution in [3.8, 4) is 0 Å². The van der Waals surface area contributed by atoms with E-state index >= 15 is 0 Å². The molecule has 2 aliphatic rings. The van der Waals surface area contributed by atoms with Crippen molar-refractivity contribution in [3.63, 3.8) is 0 Å². The molecule has 0 radical (unpaired) electrons. The fraction of sp³-hybridized carbons (Fsp3) is 0.706. The van der Waals surface area contributed by atoms with Crippen molar-refractivity contribution in [1.29, 1.82) is 0 Å². The zero-order valence-electron chi connectivity index (χ0n) is 15.2. The van der Waals surface area contributed by atoms with Gasteiger partial charge in [0.2, 0.25) is 5.89 Å². The first-order valence-electron chi connectivity index (χ1n) is 9.13. The predicted octanol–water partition coefficient (Wildman–Crippen LogP) is 2.55. The molecular weight excluding hydrogens is 388 g/mol. The summed E-state index contributed by atoms with van der Waals surface area (Å²) in [6.45, 7) is 7.08. The molecule has 3 heterocycles. The molecule has 2 fully saturated rings. The van der Waals surface area contributed by atoms with Crippen molar-refractivity contribution in [3.05, 3.63) is 30.0 Å². The van der Waals surface area contributed by atoms with Crippen LogP contribution in [0.15, 0.2) is 22.8 Å². The number of ether oxygens (including phenoxy) is 3. The van der Waals surface area contributed by atoms with Crippen LogP contribution in [-0.4, -0.2) is 48.4 Å². The number of nitrogens with zero attached hydrogens (tertiary/aromatic N) is 1. The molecule has 1 unspecified atom stereocenters. The van der Waals surface area contributed by atoms with Crippen LogP contribution in [0.4, 0.5) is 0 Å². The number of aliphatic hydroxyl groups excluding tert-OH is 1. The summed E-state index contributed by atoms with van der Waals surface area (Å²) in [6.07, 6.45) is 5.24. The van der Waals surface area contributed by atoms with Crippen molar-refractivity contribution in [2.45, 2.75) is 63.3 Å². The molecule has 0 aliphatic carbocycles. The second-order valence-electron chi connectivity index (χ2n) is 6.74. The van der Waals surface area contributed by atoms with Gasteiger partial charge >= 0.3 is 143 Å². The average molecular weight is 413 g/mol. The van der Waals surface area contributed by atoms with E-state index in [-0.39, 0.29) is 37.7 Å². The summed E-state index contributed by atoms with van der Waals surface area (Å²) in [5.41, 5.74) is 1.75. The summed E-state index contributed by atoms with van der Waals surface area (Å²) in [6, 6.07) is 0. The van der Waals surface area contributed by atoms with E-state index in [0.29, 0.717) is 18.9 Å². The molecular formula is C17H25BNO6PS. The third-order valence-electron chi connectivity index (χ3n) is 4.60. The van der Waals surface area contributed by atoms with Gasteiger partial charge in [0.15, 0.2) is 0 Å². The maximum atomic E-state index is 9.08. The first kappa shape index (κ1) is 21.1. The number of hydrogen-bond donors (Lipinski definition) is 1. The standard InChI is InChI=1S/C17H25BNO6PS/c1-11-6-12(3-5-23-18-26-27)24-14(7-11)8-13-2-4-21-17(25-13)15-10-22-16(9-20)19-15/h10,12-14,17,20,26H,1-9H2/t12-,13-,14+,17-/m0/s1.